The van der Waals surface area contributed by atoms with Crippen LogP contribution in [0.25, 0.3) is 5.69 Å². The minimum atomic E-state index is -0.785. The zero-order chi connectivity index (χ0) is 21.8. The lowest BCUT2D eigenvalue weighted by molar-refractivity contribution is -0.136. The van der Waals surface area contributed by atoms with Gasteiger partial charge in [-0.3, -0.25) is 14.0 Å². The van der Waals surface area contributed by atoms with Gasteiger partial charge < -0.3 is 10.4 Å². The van der Waals surface area contributed by atoms with Crippen molar-refractivity contribution in [2.75, 3.05) is 13.2 Å². The fourth-order valence-electron chi connectivity index (χ4n) is 2.94. The first-order valence-electron chi connectivity index (χ1n) is 10.2. The van der Waals surface area contributed by atoms with E-state index in [0.29, 0.717) is 32.2 Å². The van der Waals surface area contributed by atoms with Crippen molar-refractivity contribution >= 4 is 34.5 Å². The van der Waals surface area contributed by atoms with Crippen molar-refractivity contribution in [1.29, 1.82) is 0 Å². The lowest BCUT2D eigenvalue weighted by Gasteiger charge is -2.07. The van der Waals surface area contributed by atoms with E-state index < -0.39 is 5.97 Å². The Morgan fingerprint density at radius 3 is 2.60 bits per heavy atom. The van der Waals surface area contributed by atoms with Crippen molar-refractivity contribution in [3.8, 4) is 5.69 Å². The Bertz CT molecular complexity index is 798. The number of hydrogen-bond donors (Lipinski definition) is 2. The molecule has 164 valence electrons. The summed E-state index contributed by atoms with van der Waals surface area (Å²) >= 11 is 1.92. The van der Waals surface area contributed by atoms with Gasteiger partial charge in [-0.15, -0.1) is 5.10 Å². The first kappa shape index (κ1) is 24.2. The Morgan fingerprint density at radius 2 is 1.90 bits per heavy atom. The predicted octanol–water partition coefficient (Wildman–Crippen LogP) is 3.67. The molecule has 0 aliphatic rings. The fraction of sp³-hybridized carbons (Fsp3) is 0.524. The largest absolute Gasteiger partial charge is 0.480 e. The molecular weight excluding hydrogens is 502 g/mol. The smallest absolute Gasteiger partial charge is 0.316 e. The van der Waals surface area contributed by atoms with Crippen LogP contribution >= 0.6 is 22.6 Å². The van der Waals surface area contributed by atoms with Crippen LogP contribution in [0.5, 0.6) is 0 Å². The Balaban J connectivity index is 1.63. The Hall–Kier alpha value is -2.04. The highest BCUT2D eigenvalue weighted by Gasteiger charge is 2.11. The number of carbonyl (C=O) groups excluding carboxylic acids is 1. The normalized spacial score (nSPS) is 11.9. The summed E-state index contributed by atoms with van der Waals surface area (Å²) in [5, 5.41) is 19.8. The quantitative estimate of drug-likeness (QED) is 0.221. The number of hydrogen-bond acceptors (Lipinski definition) is 4. The van der Waals surface area contributed by atoms with Crippen molar-refractivity contribution in [3.63, 3.8) is 0 Å². The van der Waals surface area contributed by atoms with Crippen molar-refractivity contribution < 1.29 is 19.1 Å². The van der Waals surface area contributed by atoms with Gasteiger partial charge in [-0.2, -0.15) is 0 Å². The second-order valence-corrected chi connectivity index (χ2v) is 8.62. The van der Waals surface area contributed by atoms with Gasteiger partial charge in [0.15, 0.2) is 0 Å². The minimum absolute atomic E-state index is 0.0271. The highest BCUT2D eigenvalue weighted by molar-refractivity contribution is 14.1. The second-order valence-electron chi connectivity index (χ2n) is 7.12. The Labute approximate surface area is 189 Å². The molecule has 1 amide bonds. The van der Waals surface area contributed by atoms with E-state index in [-0.39, 0.29) is 16.5 Å². The van der Waals surface area contributed by atoms with Gasteiger partial charge in [-0.05, 0) is 56.2 Å². The van der Waals surface area contributed by atoms with Crippen LogP contribution in [0, 0.1) is 0 Å². The maximum absolute atomic E-state index is 12.2. The number of aryl methyl sites for hydroxylation is 2. The monoisotopic (exact) mass is 530 g/mol. The molecule has 0 saturated carbocycles. The number of nitrogens with zero attached hydrogens (tertiary/aromatic N) is 3. The number of aromatic nitrogens is 3. The molecule has 30 heavy (non-hydrogen) atoms. The first-order valence-corrected chi connectivity index (χ1v) is 11.4. The summed E-state index contributed by atoms with van der Waals surface area (Å²) in [6.07, 6.45) is 7.08. The number of nitrogens with one attached hydrogen (secondary N) is 1. The Morgan fingerprint density at radius 1 is 1.13 bits per heavy atom. The molecule has 0 saturated heterocycles. The second kappa shape index (κ2) is 13.3. The number of benzene rings is 1. The van der Waals surface area contributed by atoms with Gasteiger partial charge in [0.25, 0.3) is 0 Å². The molecule has 9 heteroatoms. The summed E-state index contributed by atoms with van der Waals surface area (Å²) < 4.78 is 13.6. The molecule has 1 atom stereocenters. The molecule has 1 aromatic heterocycles. The molecule has 1 heterocycles. The van der Waals surface area contributed by atoms with E-state index >= 15 is 0 Å². The van der Waals surface area contributed by atoms with Crippen LogP contribution in [0.4, 0.5) is 4.39 Å². The van der Waals surface area contributed by atoms with Crippen LogP contribution in [-0.4, -0.2) is 49.1 Å². The van der Waals surface area contributed by atoms with Crippen LogP contribution in [0.1, 0.15) is 49.8 Å². The predicted molar refractivity (Wildman–Crippen MR) is 121 cm³/mol. The molecule has 2 aromatic rings. The number of aliphatic carboxylic acids is 1. The van der Waals surface area contributed by atoms with Gasteiger partial charge in [0.05, 0.1) is 24.3 Å². The zero-order valence-corrected chi connectivity index (χ0v) is 19.1. The number of halogens is 2. The number of rotatable bonds is 14. The maximum Gasteiger partial charge on any atom is 0.316 e. The number of alkyl halides is 2. The molecule has 0 fully saturated rings. The van der Waals surface area contributed by atoms with Crippen LogP contribution in [0.15, 0.2) is 30.5 Å². The Kier molecular flexibility index (Phi) is 10.7. The molecule has 0 aliphatic heterocycles. The summed E-state index contributed by atoms with van der Waals surface area (Å²) in [6, 6.07) is 7.94. The standard InChI is InChI=1S/C21H28FIN4O3/c22-13-4-6-17-15-27(26-25-17)18-11-9-16(10-12-18)5-3-8-20(28)24-14-2-1-7-19(23)21(29)30/h9-12,15,19H,1-8,13-14H2,(H,24,28)(H,29,30)/t19-/m0/s1. The molecule has 0 spiro atoms. The minimum Gasteiger partial charge on any atom is -0.480 e. The van der Waals surface area contributed by atoms with Gasteiger partial charge in [0, 0.05) is 13.0 Å². The van der Waals surface area contributed by atoms with Gasteiger partial charge in [-0.25, -0.2) is 4.68 Å². The zero-order valence-electron chi connectivity index (χ0n) is 16.9. The topological polar surface area (TPSA) is 97.1 Å². The fourth-order valence-corrected chi connectivity index (χ4v) is 3.38. The average Bonchev–Trinajstić information content (AvgIpc) is 3.21. The molecule has 0 aliphatic carbocycles. The molecule has 2 N–H and O–H groups in total. The lowest BCUT2D eigenvalue weighted by Crippen LogP contribution is -2.24. The SMILES string of the molecule is O=C(CCCc1ccc(-n2cc(CCCF)nn2)cc1)NCCCC[C@H](I)C(=O)O. The van der Waals surface area contributed by atoms with E-state index in [0.717, 1.165) is 42.6 Å². The molecule has 2 rings (SSSR count). The third-order valence-corrected chi connectivity index (χ3v) is 5.81. The van der Waals surface area contributed by atoms with Gasteiger partial charge >= 0.3 is 5.97 Å². The summed E-state index contributed by atoms with van der Waals surface area (Å²) in [5.74, 6) is -0.758. The van der Waals surface area contributed by atoms with Crippen LogP contribution < -0.4 is 5.32 Å². The number of carboxylic acid groups (broad SMARTS) is 1. The van der Waals surface area contributed by atoms with Gasteiger partial charge in [0.2, 0.25) is 5.91 Å². The maximum atomic E-state index is 12.2. The highest BCUT2D eigenvalue weighted by atomic mass is 127. The van der Waals surface area contributed by atoms with Crippen molar-refractivity contribution in [1.82, 2.24) is 20.3 Å². The van der Waals surface area contributed by atoms with E-state index in [9.17, 15) is 14.0 Å². The summed E-state index contributed by atoms with van der Waals surface area (Å²) in [5.41, 5.74) is 2.82. The molecule has 0 bridgehead atoms. The summed E-state index contributed by atoms with van der Waals surface area (Å²) in [7, 11) is 0. The number of carboxylic acids is 1. The number of unbranched alkanes of at least 4 members (excludes halogenated alkanes) is 1. The van der Waals surface area contributed by atoms with Crippen LogP contribution in [-0.2, 0) is 22.4 Å². The van der Waals surface area contributed by atoms with Crippen LogP contribution in [0.3, 0.4) is 0 Å². The first-order chi connectivity index (χ1) is 14.5. The van der Waals surface area contributed by atoms with Gasteiger partial charge in [0.1, 0.15) is 3.92 Å². The summed E-state index contributed by atoms with van der Waals surface area (Å²) in [6.45, 7) is 0.229. The van der Waals surface area contributed by atoms with Gasteiger partial charge in [-0.1, -0.05) is 46.4 Å². The van der Waals surface area contributed by atoms with Crippen molar-refractivity contribution in [2.45, 2.75) is 55.3 Å². The van der Waals surface area contributed by atoms with E-state index in [2.05, 4.69) is 15.6 Å². The highest BCUT2D eigenvalue weighted by Crippen LogP contribution is 2.12. The van der Waals surface area contributed by atoms with E-state index in [1.54, 1.807) is 4.68 Å². The average molecular weight is 530 g/mol. The third-order valence-electron chi connectivity index (χ3n) is 4.65. The van der Waals surface area contributed by atoms with Crippen molar-refractivity contribution in [2.24, 2.45) is 0 Å². The molecule has 0 unspecified atom stereocenters. The number of amides is 1. The third kappa shape index (κ3) is 8.76. The van der Waals surface area contributed by atoms with Crippen LogP contribution in [0.2, 0.25) is 0 Å². The molecular formula is C21H28FIN4O3. The van der Waals surface area contributed by atoms with E-state index in [4.69, 9.17) is 5.11 Å². The van der Waals surface area contributed by atoms with E-state index in [1.807, 2.05) is 53.1 Å². The number of carbonyl (C=O) groups is 2. The summed E-state index contributed by atoms with van der Waals surface area (Å²) in [4.78, 5) is 22.6. The van der Waals surface area contributed by atoms with E-state index in [1.165, 1.54) is 0 Å². The molecule has 0 radical (unpaired) electrons. The molecule has 1 aromatic carbocycles. The molecule has 7 nitrogen and oxygen atoms in total. The van der Waals surface area contributed by atoms with Crippen molar-refractivity contribution in [3.05, 3.63) is 41.7 Å². The lowest BCUT2D eigenvalue weighted by atomic mass is 10.1.